The van der Waals surface area contributed by atoms with Gasteiger partial charge in [0.05, 0.1) is 6.54 Å². The van der Waals surface area contributed by atoms with Crippen LogP contribution in [0.4, 0.5) is 0 Å². The number of carboxylic acid groups (broad SMARTS) is 1. The lowest BCUT2D eigenvalue weighted by Gasteiger charge is -2.10. The highest BCUT2D eigenvalue weighted by atomic mass is 32.1. The molecule has 0 fully saturated rings. The van der Waals surface area contributed by atoms with Crippen LogP contribution in [-0.2, 0) is 6.54 Å². The average molecular weight is 251 g/mol. The maximum atomic E-state index is 10.6. The number of carboxylic acids is 1. The molecule has 4 nitrogen and oxygen atoms in total. The Morgan fingerprint density at radius 3 is 2.94 bits per heavy atom. The highest BCUT2D eigenvalue weighted by Gasteiger charge is 2.10. The van der Waals surface area contributed by atoms with Crippen molar-refractivity contribution >= 4 is 17.3 Å². The predicted molar refractivity (Wildman–Crippen MR) is 65.2 cm³/mol. The molecule has 0 bridgehead atoms. The molecule has 0 aliphatic carbocycles. The lowest BCUT2D eigenvalue weighted by molar-refractivity contribution is 0.0660. The Balaban J connectivity index is 1.91. The van der Waals surface area contributed by atoms with E-state index >= 15 is 0 Å². The normalized spacial score (nSPS) is 12.5. The number of hydrogen-bond donors (Lipinski definition) is 2. The highest BCUT2D eigenvalue weighted by molar-refractivity contribution is 7.10. The minimum atomic E-state index is -1.04. The third-order valence-corrected chi connectivity index (χ3v) is 3.48. The van der Waals surface area contributed by atoms with Gasteiger partial charge in [0.25, 0.3) is 0 Å². The second-order valence-electron chi connectivity index (χ2n) is 3.69. The van der Waals surface area contributed by atoms with Crippen molar-refractivity contribution in [1.29, 1.82) is 0 Å². The van der Waals surface area contributed by atoms with Gasteiger partial charge < -0.3 is 14.8 Å². The molecule has 0 radical (unpaired) electrons. The molecule has 2 aromatic rings. The number of carbonyl (C=O) groups is 1. The molecular formula is C12H13NO3S. The summed E-state index contributed by atoms with van der Waals surface area (Å²) in [5, 5.41) is 14.0. The van der Waals surface area contributed by atoms with Gasteiger partial charge in [-0.2, -0.15) is 0 Å². The number of hydrogen-bond acceptors (Lipinski definition) is 4. The monoisotopic (exact) mass is 251 g/mol. The lowest BCUT2D eigenvalue weighted by Crippen LogP contribution is -2.16. The minimum absolute atomic E-state index is 0.0226. The van der Waals surface area contributed by atoms with E-state index in [4.69, 9.17) is 9.52 Å². The number of rotatable bonds is 5. The van der Waals surface area contributed by atoms with Crippen molar-refractivity contribution in [1.82, 2.24) is 5.32 Å². The van der Waals surface area contributed by atoms with Gasteiger partial charge >= 0.3 is 5.97 Å². The molecule has 0 aliphatic heterocycles. The van der Waals surface area contributed by atoms with Crippen LogP contribution in [0.25, 0.3) is 0 Å². The van der Waals surface area contributed by atoms with Crippen molar-refractivity contribution in [3.05, 3.63) is 46.0 Å². The summed E-state index contributed by atoms with van der Waals surface area (Å²) in [6.07, 6.45) is 0. The Hall–Kier alpha value is -1.59. The first kappa shape index (κ1) is 11.9. The van der Waals surface area contributed by atoms with Crippen molar-refractivity contribution < 1.29 is 14.3 Å². The molecule has 0 aliphatic rings. The summed E-state index contributed by atoms with van der Waals surface area (Å²) < 4.78 is 5.15. The van der Waals surface area contributed by atoms with Crippen LogP contribution >= 0.6 is 11.3 Å². The SMILES string of the molecule is C[C@H](NCc1ccc(C(=O)O)o1)c1cccs1. The van der Waals surface area contributed by atoms with Gasteiger partial charge in [0, 0.05) is 10.9 Å². The van der Waals surface area contributed by atoms with Gasteiger partial charge in [0.2, 0.25) is 5.76 Å². The van der Waals surface area contributed by atoms with Crippen molar-refractivity contribution in [2.75, 3.05) is 0 Å². The summed E-state index contributed by atoms with van der Waals surface area (Å²) in [6.45, 7) is 2.58. The van der Waals surface area contributed by atoms with Crippen LogP contribution in [0.1, 0.15) is 34.2 Å². The van der Waals surface area contributed by atoms with Crippen LogP contribution in [0.3, 0.4) is 0 Å². The largest absolute Gasteiger partial charge is 0.475 e. The number of thiophene rings is 1. The fourth-order valence-corrected chi connectivity index (χ4v) is 2.24. The van der Waals surface area contributed by atoms with Gasteiger partial charge in [0.1, 0.15) is 5.76 Å². The first-order valence-corrected chi connectivity index (χ1v) is 6.13. The molecule has 17 heavy (non-hydrogen) atoms. The van der Waals surface area contributed by atoms with Gasteiger partial charge in [0.15, 0.2) is 0 Å². The van der Waals surface area contributed by atoms with Crippen LogP contribution in [0.2, 0.25) is 0 Å². The van der Waals surface area contributed by atoms with Gasteiger partial charge in [-0.1, -0.05) is 6.07 Å². The van der Waals surface area contributed by atoms with E-state index in [0.717, 1.165) is 0 Å². The van der Waals surface area contributed by atoms with E-state index in [1.807, 2.05) is 11.4 Å². The standard InChI is InChI=1S/C12H13NO3S/c1-8(11-3-2-6-17-11)13-7-9-4-5-10(16-9)12(14)15/h2-6,8,13H,7H2,1H3,(H,14,15)/t8-/m0/s1. The molecule has 0 aromatic carbocycles. The van der Waals surface area contributed by atoms with E-state index < -0.39 is 5.97 Å². The Labute approximate surface area is 103 Å². The highest BCUT2D eigenvalue weighted by Crippen LogP contribution is 2.18. The quantitative estimate of drug-likeness (QED) is 0.857. The molecule has 1 atom stereocenters. The van der Waals surface area contributed by atoms with Crippen molar-refractivity contribution in [3.63, 3.8) is 0 Å². The van der Waals surface area contributed by atoms with Gasteiger partial charge in [-0.05, 0) is 30.5 Å². The van der Waals surface area contributed by atoms with E-state index in [9.17, 15) is 4.79 Å². The Morgan fingerprint density at radius 1 is 1.53 bits per heavy atom. The smallest absolute Gasteiger partial charge is 0.371 e. The Morgan fingerprint density at radius 2 is 2.35 bits per heavy atom. The lowest BCUT2D eigenvalue weighted by atomic mass is 10.2. The van der Waals surface area contributed by atoms with E-state index in [-0.39, 0.29) is 11.8 Å². The molecule has 0 unspecified atom stereocenters. The maximum absolute atomic E-state index is 10.6. The summed E-state index contributed by atoms with van der Waals surface area (Å²) in [4.78, 5) is 11.9. The summed E-state index contributed by atoms with van der Waals surface area (Å²) in [5.41, 5.74) is 0. The van der Waals surface area contributed by atoms with Crippen molar-refractivity contribution in [2.45, 2.75) is 19.5 Å². The minimum Gasteiger partial charge on any atom is -0.475 e. The fraction of sp³-hybridized carbons (Fsp3) is 0.250. The van der Waals surface area contributed by atoms with Crippen LogP contribution in [0.5, 0.6) is 0 Å². The summed E-state index contributed by atoms with van der Waals surface area (Å²) >= 11 is 1.69. The predicted octanol–water partition coefficient (Wildman–Crippen LogP) is 2.89. The van der Waals surface area contributed by atoms with Gasteiger partial charge in [-0.25, -0.2) is 4.79 Å². The molecule has 5 heteroatoms. The molecule has 2 heterocycles. The average Bonchev–Trinajstić information content (AvgIpc) is 2.97. The van der Waals surface area contributed by atoms with Crippen LogP contribution in [0, 0.1) is 0 Å². The first-order chi connectivity index (χ1) is 8.16. The van der Waals surface area contributed by atoms with Crippen molar-refractivity contribution in [2.24, 2.45) is 0 Å². The van der Waals surface area contributed by atoms with Gasteiger partial charge in [-0.15, -0.1) is 11.3 Å². The molecule has 0 saturated carbocycles. The van der Waals surface area contributed by atoms with E-state index in [1.165, 1.54) is 10.9 Å². The van der Waals surface area contributed by atoms with E-state index in [1.54, 1.807) is 17.4 Å². The van der Waals surface area contributed by atoms with Crippen molar-refractivity contribution in [3.8, 4) is 0 Å². The number of nitrogens with one attached hydrogen (secondary N) is 1. The first-order valence-electron chi connectivity index (χ1n) is 5.25. The molecule has 2 aromatic heterocycles. The molecule has 90 valence electrons. The maximum Gasteiger partial charge on any atom is 0.371 e. The zero-order chi connectivity index (χ0) is 12.3. The molecule has 0 amide bonds. The topological polar surface area (TPSA) is 62.5 Å². The Bertz CT molecular complexity index is 490. The number of aromatic carboxylic acids is 1. The van der Waals surface area contributed by atoms with Crippen LogP contribution < -0.4 is 5.32 Å². The third-order valence-electron chi connectivity index (χ3n) is 2.42. The van der Waals surface area contributed by atoms with E-state index in [2.05, 4.69) is 18.3 Å². The summed E-state index contributed by atoms with van der Waals surface area (Å²) in [7, 11) is 0. The second-order valence-corrected chi connectivity index (χ2v) is 4.67. The molecule has 0 saturated heterocycles. The fourth-order valence-electron chi connectivity index (χ4n) is 1.48. The zero-order valence-electron chi connectivity index (χ0n) is 9.34. The van der Waals surface area contributed by atoms with Crippen LogP contribution in [0.15, 0.2) is 34.1 Å². The zero-order valence-corrected chi connectivity index (χ0v) is 10.2. The molecular weight excluding hydrogens is 238 g/mol. The molecule has 2 rings (SSSR count). The van der Waals surface area contributed by atoms with Gasteiger partial charge in [-0.3, -0.25) is 0 Å². The second kappa shape index (κ2) is 5.16. The molecule has 0 spiro atoms. The molecule has 2 N–H and O–H groups in total. The summed E-state index contributed by atoms with van der Waals surface area (Å²) in [5.74, 6) is -0.432. The van der Waals surface area contributed by atoms with E-state index in [0.29, 0.717) is 12.3 Å². The summed E-state index contributed by atoms with van der Waals surface area (Å²) in [6, 6.07) is 7.45. The Kier molecular flexibility index (Phi) is 3.61. The van der Waals surface area contributed by atoms with Crippen LogP contribution in [-0.4, -0.2) is 11.1 Å². The third kappa shape index (κ3) is 2.95. The number of furan rings is 1.